The van der Waals surface area contributed by atoms with Gasteiger partial charge in [-0.25, -0.2) is 4.98 Å². The third-order valence-electron chi connectivity index (χ3n) is 2.23. The van der Waals surface area contributed by atoms with Crippen LogP contribution in [0.15, 0.2) is 22.1 Å². The largest absolute Gasteiger partial charge is 0.440 e. The standard InChI is InChI=1S/C10H16N2OS/c1-8(6-12-9-2-3-9)7-14-10-11-4-5-13-10/h4-5,8-9,12H,2-3,6-7H2,1H3. The summed E-state index contributed by atoms with van der Waals surface area (Å²) in [5.41, 5.74) is 0. The van der Waals surface area contributed by atoms with Crippen molar-refractivity contribution in [3.8, 4) is 0 Å². The maximum atomic E-state index is 5.15. The van der Waals surface area contributed by atoms with Gasteiger partial charge >= 0.3 is 0 Å². The van der Waals surface area contributed by atoms with E-state index in [1.54, 1.807) is 24.2 Å². The Balaban J connectivity index is 1.59. The maximum absolute atomic E-state index is 5.15. The lowest BCUT2D eigenvalue weighted by Crippen LogP contribution is -2.24. The van der Waals surface area contributed by atoms with Crippen LogP contribution in [0.3, 0.4) is 0 Å². The highest BCUT2D eigenvalue weighted by atomic mass is 32.2. The number of hydrogen-bond donors (Lipinski definition) is 1. The second kappa shape index (κ2) is 4.84. The second-order valence-corrected chi connectivity index (χ2v) is 4.87. The molecular weight excluding hydrogens is 196 g/mol. The van der Waals surface area contributed by atoms with Crippen LogP contribution in [0.1, 0.15) is 19.8 Å². The van der Waals surface area contributed by atoms with Crippen LogP contribution in [0.5, 0.6) is 0 Å². The highest BCUT2D eigenvalue weighted by Gasteiger charge is 2.20. The van der Waals surface area contributed by atoms with Crippen molar-refractivity contribution in [2.75, 3.05) is 12.3 Å². The molecule has 1 fully saturated rings. The third kappa shape index (κ3) is 3.35. The molecule has 78 valence electrons. The number of rotatable bonds is 6. The first-order valence-electron chi connectivity index (χ1n) is 5.10. The molecule has 0 aliphatic heterocycles. The van der Waals surface area contributed by atoms with Crippen LogP contribution in [0.4, 0.5) is 0 Å². The summed E-state index contributed by atoms with van der Waals surface area (Å²) in [7, 11) is 0. The van der Waals surface area contributed by atoms with Crippen molar-refractivity contribution < 1.29 is 4.42 Å². The maximum Gasteiger partial charge on any atom is 0.255 e. The molecule has 3 nitrogen and oxygen atoms in total. The minimum atomic E-state index is 0.674. The topological polar surface area (TPSA) is 38.1 Å². The smallest absolute Gasteiger partial charge is 0.255 e. The summed E-state index contributed by atoms with van der Waals surface area (Å²) in [6.45, 7) is 3.36. The van der Waals surface area contributed by atoms with Gasteiger partial charge in [0.25, 0.3) is 5.22 Å². The van der Waals surface area contributed by atoms with E-state index in [4.69, 9.17) is 4.42 Å². The zero-order valence-electron chi connectivity index (χ0n) is 8.40. The quantitative estimate of drug-likeness (QED) is 0.733. The minimum Gasteiger partial charge on any atom is -0.440 e. The van der Waals surface area contributed by atoms with E-state index < -0.39 is 0 Å². The van der Waals surface area contributed by atoms with Gasteiger partial charge in [0.15, 0.2) is 0 Å². The summed E-state index contributed by atoms with van der Waals surface area (Å²) in [4.78, 5) is 4.07. The highest BCUT2D eigenvalue weighted by Crippen LogP contribution is 2.21. The second-order valence-electron chi connectivity index (χ2n) is 3.90. The predicted octanol–water partition coefficient (Wildman–Crippen LogP) is 2.15. The van der Waals surface area contributed by atoms with Crippen molar-refractivity contribution in [3.05, 3.63) is 12.5 Å². The molecule has 0 amide bonds. The molecule has 1 aromatic rings. The first-order valence-corrected chi connectivity index (χ1v) is 6.09. The lowest BCUT2D eigenvalue weighted by atomic mass is 10.2. The zero-order chi connectivity index (χ0) is 9.80. The van der Waals surface area contributed by atoms with Gasteiger partial charge in [0.2, 0.25) is 0 Å². The lowest BCUT2D eigenvalue weighted by molar-refractivity contribution is 0.452. The van der Waals surface area contributed by atoms with Crippen molar-refractivity contribution in [1.29, 1.82) is 0 Å². The summed E-state index contributed by atoms with van der Waals surface area (Å²) >= 11 is 1.69. The molecular formula is C10H16N2OS. The van der Waals surface area contributed by atoms with Crippen molar-refractivity contribution in [1.82, 2.24) is 10.3 Å². The van der Waals surface area contributed by atoms with Gasteiger partial charge in [-0.15, -0.1) is 0 Å². The number of oxazole rings is 1. The van der Waals surface area contributed by atoms with Gasteiger partial charge in [0.05, 0.1) is 6.20 Å². The first kappa shape index (κ1) is 10.1. The van der Waals surface area contributed by atoms with Crippen LogP contribution in [0, 0.1) is 5.92 Å². The SMILES string of the molecule is CC(CNC1CC1)CSc1ncco1. The van der Waals surface area contributed by atoms with Crippen LogP contribution >= 0.6 is 11.8 Å². The van der Waals surface area contributed by atoms with Gasteiger partial charge < -0.3 is 9.73 Å². The van der Waals surface area contributed by atoms with E-state index in [1.807, 2.05) is 0 Å². The minimum absolute atomic E-state index is 0.674. The van der Waals surface area contributed by atoms with E-state index in [-0.39, 0.29) is 0 Å². The molecule has 14 heavy (non-hydrogen) atoms. The van der Waals surface area contributed by atoms with Crippen LogP contribution in [-0.4, -0.2) is 23.3 Å². The average molecular weight is 212 g/mol. The van der Waals surface area contributed by atoms with Crippen molar-refractivity contribution in [3.63, 3.8) is 0 Å². The van der Waals surface area contributed by atoms with E-state index in [1.165, 1.54) is 12.8 Å². The Morgan fingerprint density at radius 1 is 1.71 bits per heavy atom. The Morgan fingerprint density at radius 3 is 3.21 bits per heavy atom. The van der Waals surface area contributed by atoms with E-state index in [9.17, 15) is 0 Å². The Kier molecular flexibility index (Phi) is 3.48. The molecule has 1 aliphatic rings. The van der Waals surface area contributed by atoms with Crippen molar-refractivity contribution in [2.24, 2.45) is 5.92 Å². The van der Waals surface area contributed by atoms with Crippen LogP contribution in [0.25, 0.3) is 0 Å². The number of thioether (sulfide) groups is 1. The Bertz CT molecular complexity index is 259. The zero-order valence-corrected chi connectivity index (χ0v) is 9.22. The summed E-state index contributed by atoms with van der Waals surface area (Å²) in [6.07, 6.45) is 6.03. The number of nitrogens with one attached hydrogen (secondary N) is 1. The normalized spacial score (nSPS) is 18.4. The van der Waals surface area contributed by atoms with E-state index in [0.29, 0.717) is 5.92 Å². The van der Waals surface area contributed by atoms with E-state index >= 15 is 0 Å². The fraction of sp³-hybridized carbons (Fsp3) is 0.700. The summed E-state index contributed by atoms with van der Waals surface area (Å²) in [5.74, 6) is 1.74. The molecule has 1 unspecified atom stereocenters. The van der Waals surface area contributed by atoms with Crippen LogP contribution < -0.4 is 5.32 Å². The van der Waals surface area contributed by atoms with Gasteiger partial charge in [-0.3, -0.25) is 0 Å². The van der Waals surface area contributed by atoms with Crippen LogP contribution in [0.2, 0.25) is 0 Å². The van der Waals surface area contributed by atoms with Gasteiger partial charge in [0, 0.05) is 11.8 Å². The molecule has 1 saturated carbocycles. The van der Waals surface area contributed by atoms with Gasteiger partial charge in [-0.1, -0.05) is 18.7 Å². The Hall–Kier alpha value is -0.480. The molecule has 4 heteroatoms. The average Bonchev–Trinajstić information content (AvgIpc) is 2.87. The molecule has 1 heterocycles. The monoisotopic (exact) mass is 212 g/mol. The Labute approximate surface area is 88.7 Å². The fourth-order valence-corrected chi connectivity index (χ4v) is 2.01. The predicted molar refractivity (Wildman–Crippen MR) is 57.4 cm³/mol. The highest BCUT2D eigenvalue weighted by molar-refractivity contribution is 7.99. The third-order valence-corrected chi connectivity index (χ3v) is 3.42. The summed E-state index contributed by atoms with van der Waals surface area (Å²) in [6, 6.07) is 0.809. The van der Waals surface area contributed by atoms with Crippen molar-refractivity contribution >= 4 is 11.8 Å². The molecule has 0 saturated heterocycles. The van der Waals surface area contributed by atoms with Crippen molar-refractivity contribution in [2.45, 2.75) is 31.0 Å². The number of aromatic nitrogens is 1. The first-order chi connectivity index (χ1) is 6.84. The molecule has 1 N–H and O–H groups in total. The molecule has 2 rings (SSSR count). The van der Waals surface area contributed by atoms with Gasteiger partial charge in [-0.05, 0) is 25.3 Å². The van der Waals surface area contributed by atoms with E-state index in [0.717, 1.165) is 23.6 Å². The molecule has 1 aliphatic carbocycles. The lowest BCUT2D eigenvalue weighted by Gasteiger charge is -2.09. The summed E-state index contributed by atoms with van der Waals surface area (Å²) < 4.78 is 5.15. The van der Waals surface area contributed by atoms with Gasteiger partial charge in [0.1, 0.15) is 6.26 Å². The Morgan fingerprint density at radius 2 is 2.57 bits per heavy atom. The molecule has 0 spiro atoms. The molecule has 0 radical (unpaired) electrons. The molecule has 0 aromatic carbocycles. The number of hydrogen-bond acceptors (Lipinski definition) is 4. The summed E-state index contributed by atoms with van der Waals surface area (Å²) in [5, 5.41) is 4.30. The fourth-order valence-electron chi connectivity index (χ4n) is 1.21. The molecule has 0 bridgehead atoms. The molecule has 1 aromatic heterocycles. The molecule has 1 atom stereocenters. The van der Waals surface area contributed by atoms with Gasteiger partial charge in [-0.2, -0.15) is 0 Å². The van der Waals surface area contributed by atoms with Crippen LogP contribution in [-0.2, 0) is 0 Å². The van der Waals surface area contributed by atoms with E-state index in [2.05, 4.69) is 17.2 Å². The number of nitrogens with zero attached hydrogens (tertiary/aromatic N) is 1.